The molecule has 2 atom stereocenters. The molecule has 4 N–H and O–H groups in total. The minimum absolute atomic E-state index is 0.0200. The van der Waals surface area contributed by atoms with Gasteiger partial charge in [0.25, 0.3) is 0 Å². The molecular formula is C18H21N3O2. The minimum Gasteiger partial charge on any atom is -0.347 e. The van der Waals surface area contributed by atoms with Gasteiger partial charge in [0.05, 0.1) is 6.54 Å². The van der Waals surface area contributed by atoms with Crippen LogP contribution in [0.15, 0.2) is 42.5 Å². The summed E-state index contributed by atoms with van der Waals surface area (Å²) < 4.78 is 0. The molecule has 5 heteroatoms. The average molecular weight is 311 g/mol. The van der Waals surface area contributed by atoms with Gasteiger partial charge in [-0.15, -0.1) is 0 Å². The maximum absolute atomic E-state index is 12.1. The summed E-state index contributed by atoms with van der Waals surface area (Å²) >= 11 is 0. The largest absolute Gasteiger partial charge is 0.347 e. The SMILES string of the molecule is NC1CCC(C(=O)NCC(=O)Nc2cccc3ccccc23)C1. The van der Waals surface area contributed by atoms with E-state index >= 15 is 0 Å². The molecule has 0 radical (unpaired) electrons. The van der Waals surface area contributed by atoms with E-state index in [9.17, 15) is 9.59 Å². The lowest BCUT2D eigenvalue weighted by Crippen LogP contribution is -2.36. The predicted octanol–water partition coefficient (Wildman–Crippen LogP) is 2.02. The fourth-order valence-corrected chi connectivity index (χ4v) is 3.10. The van der Waals surface area contributed by atoms with Gasteiger partial charge in [0.2, 0.25) is 11.8 Å². The number of rotatable bonds is 4. The molecule has 1 aliphatic rings. The Bertz CT molecular complexity index is 724. The van der Waals surface area contributed by atoms with Crippen molar-refractivity contribution < 1.29 is 9.59 Å². The van der Waals surface area contributed by atoms with Crippen LogP contribution in [0.5, 0.6) is 0 Å². The quantitative estimate of drug-likeness (QED) is 0.807. The second-order valence-corrected chi connectivity index (χ2v) is 6.06. The van der Waals surface area contributed by atoms with Crippen LogP contribution in [-0.2, 0) is 9.59 Å². The van der Waals surface area contributed by atoms with Crippen molar-refractivity contribution >= 4 is 28.3 Å². The molecule has 0 spiro atoms. The van der Waals surface area contributed by atoms with Gasteiger partial charge >= 0.3 is 0 Å². The summed E-state index contributed by atoms with van der Waals surface area (Å²) in [5, 5.41) is 7.61. The lowest BCUT2D eigenvalue weighted by Gasteiger charge is -2.12. The van der Waals surface area contributed by atoms with Crippen molar-refractivity contribution in [3.8, 4) is 0 Å². The first-order valence-corrected chi connectivity index (χ1v) is 7.94. The van der Waals surface area contributed by atoms with E-state index in [1.165, 1.54) is 0 Å². The van der Waals surface area contributed by atoms with E-state index in [-0.39, 0.29) is 30.3 Å². The van der Waals surface area contributed by atoms with Crippen LogP contribution in [0.3, 0.4) is 0 Å². The zero-order valence-electron chi connectivity index (χ0n) is 12.9. The number of hydrogen-bond acceptors (Lipinski definition) is 3. The highest BCUT2D eigenvalue weighted by molar-refractivity contribution is 6.03. The van der Waals surface area contributed by atoms with Gasteiger partial charge in [-0.3, -0.25) is 9.59 Å². The standard InChI is InChI=1S/C18H21N3O2/c19-14-9-8-13(10-14)18(23)20-11-17(22)21-16-7-3-5-12-4-1-2-6-15(12)16/h1-7,13-14H,8-11,19H2,(H,20,23)(H,21,22). The maximum Gasteiger partial charge on any atom is 0.243 e. The summed E-state index contributed by atoms with van der Waals surface area (Å²) in [6.45, 7) is -0.0200. The van der Waals surface area contributed by atoms with Gasteiger partial charge in [0.15, 0.2) is 0 Å². The number of carbonyl (C=O) groups excluding carboxylic acids is 2. The van der Waals surface area contributed by atoms with Crippen molar-refractivity contribution in [1.29, 1.82) is 0 Å². The molecule has 2 amide bonds. The molecule has 2 aromatic carbocycles. The van der Waals surface area contributed by atoms with Crippen molar-refractivity contribution in [3.63, 3.8) is 0 Å². The maximum atomic E-state index is 12.1. The molecular weight excluding hydrogens is 290 g/mol. The number of carbonyl (C=O) groups is 2. The van der Waals surface area contributed by atoms with E-state index < -0.39 is 0 Å². The Morgan fingerprint density at radius 3 is 2.65 bits per heavy atom. The van der Waals surface area contributed by atoms with Gasteiger partial charge in [-0.1, -0.05) is 36.4 Å². The van der Waals surface area contributed by atoms with E-state index in [4.69, 9.17) is 5.73 Å². The van der Waals surface area contributed by atoms with E-state index in [0.717, 1.165) is 29.3 Å². The van der Waals surface area contributed by atoms with Crippen molar-refractivity contribution in [1.82, 2.24) is 5.32 Å². The van der Waals surface area contributed by atoms with Gasteiger partial charge in [0, 0.05) is 23.0 Å². The molecule has 1 fully saturated rings. The predicted molar refractivity (Wildman–Crippen MR) is 90.9 cm³/mol. The first-order chi connectivity index (χ1) is 11.1. The first kappa shape index (κ1) is 15.5. The highest BCUT2D eigenvalue weighted by atomic mass is 16.2. The molecule has 0 aromatic heterocycles. The van der Waals surface area contributed by atoms with Gasteiger partial charge < -0.3 is 16.4 Å². The summed E-state index contributed by atoms with van der Waals surface area (Å²) in [5.74, 6) is -0.363. The normalized spacial score (nSPS) is 20.4. The van der Waals surface area contributed by atoms with Gasteiger partial charge in [-0.2, -0.15) is 0 Å². The molecule has 0 aliphatic heterocycles. The molecule has 1 aliphatic carbocycles. The lowest BCUT2D eigenvalue weighted by molar-refractivity contribution is -0.127. The van der Waals surface area contributed by atoms with Crippen molar-refractivity contribution in [2.24, 2.45) is 11.7 Å². The number of anilines is 1. The Morgan fingerprint density at radius 2 is 1.87 bits per heavy atom. The van der Waals surface area contributed by atoms with Gasteiger partial charge in [-0.05, 0) is 30.7 Å². The van der Waals surface area contributed by atoms with Crippen LogP contribution >= 0.6 is 0 Å². The molecule has 2 unspecified atom stereocenters. The van der Waals surface area contributed by atoms with Crippen LogP contribution in [0.4, 0.5) is 5.69 Å². The molecule has 0 heterocycles. The Morgan fingerprint density at radius 1 is 1.09 bits per heavy atom. The van der Waals surface area contributed by atoms with E-state index in [2.05, 4.69) is 10.6 Å². The third-order valence-electron chi connectivity index (χ3n) is 4.33. The summed E-state index contributed by atoms with van der Waals surface area (Å²) in [5.41, 5.74) is 6.57. The van der Waals surface area contributed by atoms with Crippen LogP contribution in [0, 0.1) is 5.92 Å². The minimum atomic E-state index is -0.225. The number of amides is 2. The molecule has 1 saturated carbocycles. The van der Waals surface area contributed by atoms with E-state index in [1.807, 2.05) is 42.5 Å². The van der Waals surface area contributed by atoms with Crippen molar-refractivity contribution in [3.05, 3.63) is 42.5 Å². The molecule has 2 aromatic rings. The van der Waals surface area contributed by atoms with Crippen LogP contribution in [-0.4, -0.2) is 24.4 Å². The summed E-state index contributed by atoms with van der Waals surface area (Å²) in [7, 11) is 0. The van der Waals surface area contributed by atoms with Crippen LogP contribution < -0.4 is 16.4 Å². The number of nitrogens with one attached hydrogen (secondary N) is 2. The smallest absolute Gasteiger partial charge is 0.243 e. The molecule has 0 saturated heterocycles. The molecule has 120 valence electrons. The Kier molecular flexibility index (Phi) is 4.57. The number of hydrogen-bond donors (Lipinski definition) is 3. The monoisotopic (exact) mass is 311 g/mol. The van der Waals surface area contributed by atoms with E-state index in [0.29, 0.717) is 6.42 Å². The second-order valence-electron chi connectivity index (χ2n) is 6.06. The topological polar surface area (TPSA) is 84.2 Å². The first-order valence-electron chi connectivity index (χ1n) is 7.94. The molecule has 23 heavy (non-hydrogen) atoms. The van der Waals surface area contributed by atoms with Crippen LogP contribution in [0.1, 0.15) is 19.3 Å². The second kappa shape index (κ2) is 6.79. The number of fused-ring (bicyclic) bond motifs is 1. The Hall–Kier alpha value is -2.40. The summed E-state index contributed by atoms with van der Waals surface area (Å²) in [6.07, 6.45) is 2.38. The highest BCUT2D eigenvalue weighted by Crippen LogP contribution is 2.24. The number of benzene rings is 2. The Labute approximate surface area is 135 Å². The fraction of sp³-hybridized carbons (Fsp3) is 0.333. The van der Waals surface area contributed by atoms with Gasteiger partial charge in [0.1, 0.15) is 0 Å². The fourth-order valence-electron chi connectivity index (χ4n) is 3.10. The Balaban J connectivity index is 1.58. The summed E-state index contributed by atoms with van der Waals surface area (Å²) in [6, 6.07) is 13.7. The van der Waals surface area contributed by atoms with Crippen molar-refractivity contribution in [2.75, 3.05) is 11.9 Å². The molecule has 5 nitrogen and oxygen atoms in total. The zero-order chi connectivity index (χ0) is 16.2. The lowest BCUT2D eigenvalue weighted by atomic mass is 10.1. The van der Waals surface area contributed by atoms with Crippen LogP contribution in [0.25, 0.3) is 10.8 Å². The number of nitrogens with two attached hydrogens (primary N) is 1. The van der Waals surface area contributed by atoms with Crippen molar-refractivity contribution in [2.45, 2.75) is 25.3 Å². The molecule has 3 rings (SSSR count). The summed E-state index contributed by atoms with van der Waals surface area (Å²) in [4.78, 5) is 24.1. The third-order valence-corrected chi connectivity index (χ3v) is 4.33. The third kappa shape index (κ3) is 3.68. The average Bonchev–Trinajstić information content (AvgIpc) is 2.99. The van der Waals surface area contributed by atoms with E-state index in [1.54, 1.807) is 0 Å². The van der Waals surface area contributed by atoms with Crippen LogP contribution in [0.2, 0.25) is 0 Å². The highest BCUT2D eigenvalue weighted by Gasteiger charge is 2.27. The zero-order valence-corrected chi connectivity index (χ0v) is 12.9. The van der Waals surface area contributed by atoms with Gasteiger partial charge in [-0.25, -0.2) is 0 Å². The molecule has 0 bridgehead atoms.